The summed E-state index contributed by atoms with van der Waals surface area (Å²) in [5.41, 5.74) is 5.55. The molecular weight excluding hydrogens is 227 g/mol. The van der Waals surface area contributed by atoms with Crippen LogP contribution in [0.5, 0.6) is 0 Å². The molecule has 3 N–H and O–H groups in total. The average molecular weight is 236 g/mol. The van der Waals surface area contributed by atoms with Gasteiger partial charge in [0.15, 0.2) is 5.82 Å². The van der Waals surface area contributed by atoms with Crippen molar-refractivity contribution in [3.05, 3.63) is 41.8 Å². The van der Waals surface area contributed by atoms with Gasteiger partial charge in [0, 0.05) is 5.56 Å². The van der Waals surface area contributed by atoms with Crippen molar-refractivity contribution in [1.82, 2.24) is 15.5 Å². The average Bonchev–Trinajstić information content (AvgIpc) is 2.82. The van der Waals surface area contributed by atoms with Gasteiger partial charge in [-0.05, 0) is 18.2 Å². The van der Waals surface area contributed by atoms with Crippen LogP contribution in [0.4, 0.5) is 10.1 Å². The third kappa shape index (κ3) is 2.57. The number of benzene rings is 1. The summed E-state index contributed by atoms with van der Waals surface area (Å²) in [5, 5.41) is 6.07. The lowest BCUT2D eigenvalue weighted by Crippen LogP contribution is -2.23. The lowest BCUT2D eigenvalue weighted by Gasteiger charge is -2.03. The van der Waals surface area contributed by atoms with Crippen molar-refractivity contribution < 1.29 is 13.7 Å². The van der Waals surface area contributed by atoms with Crippen LogP contribution in [0.2, 0.25) is 0 Å². The van der Waals surface area contributed by atoms with Crippen LogP contribution in [0, 0.1) is 5.82 Å². The number of hydrogen-bond acceptors (Lipinski definition) is 5. The molecule has 1 aromatic carbocycles. The Hall–Kier alpha value is -2.44. The minimum atomic E-state index is -0.556. The molecule has 0 fully saturated rings. The highest BCUT2D eigenvalue weighted by Gasteiger charge is 2.08. The first-order valence-electron chi connectivity index (χ1n) is 4.75. The smallest absolute Gasteiger partial charge is 0.251 e. The van der Waals surface area contributed by atoms with Crippen LogP contribution in [-0.2, 0) is 6.54 Å². The normalized spacial score (nSPS) is 10.2. The number of hydrogen-bond donors (Lipinski definition) is 2. The van der Waals surface area contributed by atoms with E-state index in [9.17, 15) is 9.18 Å². The molecule has 0 aliphatic rings. The SMILES string of the molecule is Nc1cc(C(=O)NCc2ncon2)ccc1F. The number of amides is 1. The van der Waals surface area contributed by atoms with E-state index in [1.54, 1.807) is 0 Å². The Morgan fingerprint density at radius 2 is 2.35 bits per heavy atom. The fourth-order valence-electron chi connectivity index (χ4n) is 1.22. The fourth-order valence-corrected chi connectivity index (χ4v) is 1.22. The number of anilines is 1. The molecule has 2 aromatic rings. The molecule has 17 heavy (non-hydrogen) atoms. The highest BCUT2D eigenvalue weighted by atomic mass is 19.1. The number of rotatable bonds is 3. The Kier molecular flexibility index (Phi) is 2.99. The quantitative estimate of drug-likeness (QED) is 0.766. The Morgan fingerprint density at radius 1 is 1.53 bits per heavy atom. The van der Waals surface area contributed by atoms with E-state index in [1.807, 2.05) is 0 Å². The Bertz CT molecular complexity index is 527. The van der Waals surface area contributed by atoms with Crippen LogP contribution >= 0.6 is 0 Å². The third-order valence-electron chi connectivity index (χ3n) is 2.07. The van der Waals surface area contributed by atoms with Crippen molar-refractivity contribution in [3.63, 3.8) is 0 Å². The van der Waals surface area contributed by atoms with Gasteiger partial charge in [0.1, 0.15) is 5.82 Å². The Balaban J connectivity index is 2.02. The largest absolute Gasteiger partial charge is 0.396 e. The van der Waals surface area contributed by atoms with E-state index in [0.717, 1.165) is 12.5 Å². The number of nitrogens with zero attached hydrogens (tertiary/aromatic N) is 2. The summed E-state index contributed by atoms with van der Waals surface area (Å²) in [5.74, 6) is -0.588. The third-order valence-corrected chi connectivity index (χ3v) is 2.07. The standard InChI is InChI=1S/C10H9FN4O2/c11-7-2-1-6(3-8(7)12)10(16)13-4-9-14-5-17-15-9/h1-3,5H,4,12H2,(H,13,16). The van der Waals surface area contributed by atoms with Gasteiger partial charge in [0.05, 0.1) is 12.2 Å². The first kappa shape index (κ1) is 11.1. The second-order valence-electron chi connectivity index (χ2n) is 3.27. The van der Waals surface area contributed by atoms with Crippen LogP contribution in [0.3, 0.4) is 0 Å². The maximum absolute atomic E-state index is 12.9. The molecule has 1 heterocycles. The first-order chi connectivity index (χ1) is 8.16. The van der Waals surface area contributed by atoms with Crippen molar-refractivity contribution in [2.75, 3.05) is 5.73 Å². The molecule has 0 spiro atoms. The van der Waals surface area contributed by atoms with E-state index in [-0.39, 0.29) is 23.7 Å². The summed E-state index contributed by atoms with van der Waals surface area (Å²) < 4.78 is 17.4. The number of halogens is 1. The predicted molar refractivity (Wildman–Crippen MR) is 56.3 cm³/mol. The van der Waals surface area contributed by atoms with Crippen LogP contribution in [-0.4, -0.2) is 16.0 Å². The highest BCUT2D eigenvalue weighted by Crippen LogP contribution is 2.12. The van der Waals surface area contributed by atoms with E-state index >= 15 is 0 Å². The van der Waals surface area contributed by atoms with Crippen LogP contribution < -0.4 is 11.1 Å². The topological polar surface area (TPSA) is 94.0 Å². The fraction of sp³-hybridized carbons (Fsp3) is 0.100. The molecule has 0 aliphatic carbocycles. The number of aromatic nitrogens is 2. The highest BCUT2D eigenvalue weighted by molar-refractivity contribution is 5.94. The zero-order valence-electron chi connectivity index (χ0n) is 8.68. The van der Waals surface area contributed by atoms with Crippen LogP contribution in [0.15, 0.2) is 29.1 Å². The molecule has 1 amide bonds. The number of carbonyl (C=O) groups excluding carboxylic acids is 1. The van der Waals surface area contributed by atoms with Gasteiger partial charge in [-0.25, -0.2) is 4.39 Å². The summed E-state index contributed by atoms with van der Waals surface area (Å²) >= 11 is 0. The molecule has 88 valence electrons. The molecule has 6 nitrogen and oxygen atoms in total. The second kappa shape index (κ2) is 4.60. The van der Waals surface area contributed by atoms with E-state index < -0.39 is 5.82 Å². The number of nitrogens with one attached hydrogen (secondary N) is 1. The van der Waals surface area contributed by atoms with Crippen molar-refractivity contribution in [2.45, 2.75) is 6.54 Å². The Morgan fingerprint density at radius 3 is 3.00 bits per heavy atom. The predicted octanol–water partition coefficient (Wildman–Crippen LogP) is 0.721. The van der Waals surface area contributed by atoms with Gasteiger partial charge in [0.2, 0.25) is 6.39 Å². The molecule has 0 atom stereocenters. The van der Waals surface area contributed by atoms with Gasteiger partial charge in [-0.3, -0.25) is 4.79 Å². The molecule has 2 rings (SSSR count). The number of nitrogen functional groups attached to an aromatic ring is 1. The lowest BCUT2D eigenvalue weighted by atomic mass is 10.2. The number of carbonyl (C=O) groups is 1. The summed E-state index contributed by atoms with van der Waals surface area (Å²) in [6.45, 7) is 0.132. The minimum Gasteiger partial charge on any atom is -0.396 e. The molecule has 0 bridgehead atoms. The van der Waals surface area contributed by atoms with Gasteiger partial charge < -0.3 is 15.6 Å². The van der Waals surface area contributed by atoms with Crippen LogP contribution in [0.1, 0.15) is 16.2 Å². The maximum atomic E-state index is 12.9. The molecule has 0 radical (unpaired) electrons. The lowest BCUT2D eigenvalue weighted by molar-refractivity contribution is 0.0949. The molecule has 0 aliphatic heterocycles. The van der Waals surface area contributed by atoms with Gasteiger partial charge in [-0.2, -0.15) is 4.98 Å². The molecule has 7 heteroatoms. The monoisotopic (exact) mass is 236 g/mol. The van der Waals surface area contributed by atoms with E-state index in [1.165, 1.54) is 12.1 Å². The molecule has 0 unspecified atom stereocenters. The summed E-state index contributed by atoms with van der Waals surface area (Å²) in [6.07, 6.45) is 1.16. The summed E-state index contributed by atoms with van der Waals surface area (Å²) in [7, 11) is 0. The van der Waals surface area contributed by atoms with Crippen molar-refractivity contribution in [1.29, 1.82) is 0 Å². The molecular formula is C10H9FN4O2. The van der Waals surface area contributed by atoms with E-state index in [0.29, 0.717) is 5.82 Å². The second-order valence-corrected chi connectivity index (χ2v) is 3.27. The van der Waals surface area contributed by atoms with Gasteiger partial charge in [-0.15, -0.1) is 0 Å². The summed E-state index contributed by atoms with van der Waals surface area (Å²) in [4.78, 5) is 15.4. The van der Waals surface area contributed by atoms with Gasteiger partial charge in [-0.1, -0.05) is 5.16 Å². The van der Waals surface area contributed by atoms with Gasteiger partial charge in [0.25, 0.3) is 5.91 Å². The first-order valence-corrected chi connectivity index (χ1v) is 4.75. The maximum Gasteiger partial charge on any atom is 0.251 e. The number of nitrogens with two attached hydrogens (primary N) is 1. The van der Waals surface area contributed by atoms with Gasteiger partial charge >= 0.3 is 0 Å². The van der Waals surface area contributed by atoms with Crippen molar-refractivity contribution in [2.24, 2.45) is 0 Å². The molecule has 1 aromatic heterocycles. The minimum absolute atomic E-state index is 0.0720. The van der Waals surface area contributed by atoms with E-state index in [2.05, 4.69) is 20.0 Å². The molecule has 0 saturated heterocycles. The molecule has 0 saturated carbocycles. The zero-order valence-corrected chi connectivity index (χ0v) is 8.68. The summed E-state index contributed by atoms with van der Waals surface area (Å²) in [6, 6.07) is 3.75. The van der Waals surface area contributed by atoms with Crippen molar-refractivity contribution in [3.8, 4) is 0 Å². The Labute approximate surface area is 95.6 Å². The zero-order chi connectivity index (χ0) is 12.3. The van der Waals surface area contributed by atoms with Crippen molar-refractivity contribution >= 4 is 11.6 Å². The van der Waals surface area contributed by atoms with E-state index in [4.69, 9.17) is 5.73 Å². The van der Waals surface area contributed by atoms with Crippen LogP contribution in [0.25, 0.3) is 0 Å².